The third-order valence-electron chi connectivity index (χ3n) is 4.01. The number of rotatable bonds is 7. The zero-order valence-corrected chi connectivity index (χ0v) is 10.7. The Kier molecular flexibility index (Phi) is 6.70. The van der Waals surface area contributed by atoms with Crippen LogP contribution in [0.25, 0.3) is 0 Å². The number of Topliss-reactive ketones (excluding diaryl/α,β-unsaturated/α-hetero) is 1. The molecule has 0 unspecified atom stereocenters. The second kappa shape index (κ2) is 7.83. The minimum absolute atomic E-state index is 0.390. The van der Waals surface area contributed by atoms with Crippen molar-refractivity contribution in [3.8, 4) is 0 Å². The molecule has 2 N–H and O–H groups in total. The van der Waals surface area contributed by atoms with Crippen molar-refractivity contribution in [2.75, 3.05) is 6.54 Å². The summed E-state index contributed by atoms with van der Waals surface area (Å²) in [7, 11) is 0. The molecule has 0 aromatic heterocycles. The van der Waals surface area contributed by atoms with E-state index in [2.05, 4.69) is 6.92 Å². The van der Waals surface area contributed by atoms with E-state index in [9.17, 15) is 4.79 Å². The molecule has 1 aliphatic rings. The molecule has 1 rings (SSSR count). The average molecular weight is 225 g/mol. The van der Waals surface area contributed by atoms with Gasteiger partial charge in [-0.25, -0.2) is 0 Å². The molecule has 1 saturated carbocycles. The molecule has 0 bridgehead atoms. The van der Waals surface area contributed by atoms with Crippen LogP contribution in [0.3, 0.4) is 0 Å². The van der Waals surface area contributed by atoms with Gasteiger partial charge in [0.2, 0.25) is 0 Å². The van der Waals surface area contributed by atoms with Gasteiger partial charge in [-0.05, 0) is 51.0 Å². The predicted octanol–water partition coefficient (Wildman–Crippen LogP) is 3.29. The molecular weight excluding hydrogens is 198 g/mol. The number of carbonyl (C=O) groups is 1. The maximum Gasteiger partial charge on any atom is 0.135 e. The standard InChI is InChI=1S/C14H27NO/c1-2-12-7-9-13(10-8-12)14(16)6-4-3-5-11-15/h12-13H,2-11,15H2,1H3. The van der Waals surface area contributed by atoms with Crippen LogP contribution in [0, 0.1) is 11.8 Å². The summed E-state index contributed by atoms with van der Waals surface area (Å²) < 4.78 is 0. The van der Waals surface area contributed by atoms with Crippen molar-refractivity contribution in [1.82, 2.24) is 0 Å². The van der Waals surface area contributed by atoms with Crippen LogP contribution in [0.15, 0.2) is 0 Å². The van der Waals surface area contributed by atoms with Crippen LogP contribution < -0.4 is 5.73 Å². The maximum absolute atomic E-state index is 11.9. The molecule has 0 aliphatic heterocycles. The summed E-state index contributed by atoms with van der Waals surface area (Å²) in [5.41, 5.74) is 5.43. The smallest absolute Gasteiger partial charge is 0.135 e. The Hall–Kier alpha value is -0.370. The van der Waals surface area contributed by atoms with E-state index in [-0.39, 0.29) is 0 Å². The highest BCUT2D eigenvalue weighted by molar-refractivity contribution is 5.80. The van der Waals surface area contributed by atoms with E-state index in [0.29, 0.717) is 11.7 Å². The van der Waals surface area contributed by atoms with E-state index in [1.165, 1.54) is 19.3 Å². The first-order valence-electron chi connectivity index (χ1n) is 7.00. The van der Waals surface area contributed by atoms with Gasteiger partial charge in [-0.3, -0.25) is 4.79 Å². The fraction of sp³-hybridized carbons (Fsp3) is 0.929. The zero-order chi connectivity index (χ0) is 11.8. The Morgan fingerprint density at radius 2 is 1.81 bits per heavy atom. The van der Waals surface area contributed by atoms with Gasteiger partial charge in [0.15, 0.2) is 0 Å². The largest absolute Gasteiger partial charge is 0.330 e. The Bertz CT molecular complexity index is 195. The Labute approximate surface area is 100.0 Å². The van der Waals surface area contributed by atoms with E-state index in [1.807, 2.05) is 0 Å². The third-order valence-corrected chi connectivity index (χ3v) is 4.01. The van der Waals surface area contributed by atoms with Crippen LogP contribution in [0.4, 0.5) is 0 Å². The van der Waals surface area contributed by atoms with Gasteiger partial charge in [0.1, 0.15) is 5.78 Å². The Morgan fingerprint density at radius 1 is 1.12 bits per heavy atom. The number of carbonyl (C=O) groups excluding carboxylic acids is 1. The van der Waals surface area contributed by atoms with Gasteiger partial charge in [0.05, 0.1) is 0 Å². The lowest BCUT2D eigenvalue weighted by Crippen LogP contribution is -2.21. The molecule has 2 nitrogen and oxygen atoms in total. The van der Waals surface area contributed by atoms with Gasteiger partial charge >= 0.3 is 0 Å². The SMILES string of the molecule is CCC1CCC(C(=O)CCCCCN)CC1. The van der Waals surface area contributed by atoms with Crippen LogP contribution >= 0.6 is 0 Å². The van der Waals surface area contributed by atoms with Gasteiger partial charge < -0.3 is 5.73 Å². The topological polar surface area (TPSA) is 43.1 Å². The van der Waals surface area contributed by atoms with E-state index in [4.69, 9.17) is 5.73 Å². The molecule has 0 radical (unpaired) electrons. The second-order valence-corrected chi connectivity index (χ2v) is 5.19. The van der Waals surface area contributed by atoms with Gasteiger partial charge in [-0.15, -0.1) is 0 Å². The second-order valence-electron chi connectivity index (χ2n) is 5.19. The van der Waals surface area contributed by atoms with Crippen LogP contribution in [0.1, 0.15) is 64.7 Å². The summed E-state index contributed by atoms with van der Waals surface area (Å²) in [6, 6.07) is 0. The summed E-state index contributed by atoms with van der Waals surface area (Å²) in [6.07, 6.45) is 10.2. The number of hydrogen-bond donors (Lipinski definition) is 1. The molecular formula is C14H27NO. The van der Waals surface area contributed by atoms with Crippen molar-refractivity contribution >= 4 is 5.78 Å². The van der Waals surface area contributed by atoms with Crippen LogP contribution in [0.5, 0.6) is 0 Å². The summed E-state index contributed by atoms with van der Waals surface area (Å²) in [6.45, 7) is 3.02. The lowest BCUT2D eigenvalue weighted by Gasteiger charge is -2.26. The van der Waals surface area contributed by atoms with Gasteiger partial charge in [-0.1, -0.05) is 19.8 Å². The lowest BCUT2D eigenvalue weighted by molar-refractivity contribution is -0.124. The average Bonchev–Trinajstić information content (AvgIpc) is 2.34. The Morgan fingerprint density at radius 3 is 2.38 bits per heavy atom. The van der Waals surface area contributed by atoms with Crippen molar-refractivity contribution in [3.05, 3.63) is 0 Å². The fourth-order valence-corrected chi connectivity index (χ4v) is 2.72. The molecule has 0 aromatic carbocycles. The van der Waals surface area contributed by atoms with Crippen molar-refractivity contribution in [2.24, 2.45) is 17.6 Å². The van der Waals surface area contributed by atoms with Crippen molar-refractivity contribution in [3.63, 3.8) is 0 Å². The first-order valence-corrected chi connectivity index (χ1v) is 7.00. The monoisotopic (exact) mass is 225 g/mol. The van der Waals surface area contributed by atoms with Crippen molar-refractivity contribution < 1.29 is 4.79 Å². The first-order chi connectivity index (χ1) is 7.77. The molecule has 94 valence electrons. The highest BCUT2D eigenvalue weighted by Crippen LogP contribution is 2.31. The molecule has 1 fully saturated rings. The minimum Gasteiger partial charge on any atom is -0.330 e. The van der Waals surface area contributed by atoms with Gasteiger partial charge in [0.25, 0.3) is 0 Å². The first kappa shape index (κ1) is 13.7. The number of ketones is 1. The quantitative estimate of drug-likeness (QED) is 0.676. The molecule has 0 aromatic rings. The fourth-order valence-electron chi connectivity index (χ4n) is 2.72. The van der Waals surface area contributed by atoms with Gasteiger partial charge in [-0.2, -0.15) is 0 Å². The third kappa shape index (κ3) is 4.65. The highest BCUT2D eigenvalue weighted by atomic mass is 16.1. The number of nitrogens with two attached hydrogens (primary N) is 1. The van der Waals surface area contributed by atoms with E-state index in [1.54, 1.807) is 0 Å². The summed E-state index contributed by atoms with van der Waals surface area (Å²) in [4.78, 5) is 11.9. The predicted molar refractivity (Wildman–Crippen MR) is 68.3 cm³/mol. The summed E-state index contributed by atoms with van der Waals surface area (Å²) in [5, 5.41) is 0. The summed E-state index contributed by atoms with van der Waals surface area (Å²) in [5.74, 6) is 1.80. The highest BCUT2D eigenvalue weighted by Gasteiger charge is 2.24. The molecule has 0 heterocycles. The van der Waals surface area contributed by atoms with Crippen LogP contribution in [-0.2, 0) is 4.79 Å². The summed E-state index contributed by atoms with van der Waals surface area (Å²) >= 11 is 0. The lowest BCUT2D eigenvalue weighted by atomic mass is 9.78. The van der Waals surface area contributed by atoms with Gasteiger partial charge in [0, 0.05) is 12.3 Å². The van der Waals surface area contributed by atoms with Crippen molar-refractivity contribution in [2.45, 2.75) is 64.7 Å². The van der Waals surface area contributed by atoms with E-state index >= 15 is 0 Å². The normalized spacial score (nSPS) is 25.6. The number of unbranched alkanes of at least 4 members (excludes halogenated alkanes) is 2. The van der Waals surface area contributed by atoms with Crippen LogP contribution in [0.2, 0.25) is 0 Å². The molecule has 16 heavy (non-hydrogen) atoms. The van der Waals surface area contributed by atoms with E-state index in [0.717, 1.165) is 51.0 Å². The van der Waals surface area contributed by atoms with Crippen LogP contribution in [-0.4, -0.2) is 12.3 Å². The molecule has 0 spiro atoms. The Balaban J connectivity index is 2.13. The van der Waals surface area contributed by atoms with Crippen molar-refractivity contribution in [1.29, 1.82) is 0 Å². The zero-order valence-electron chi connectivity index (χ0n) is 10.7. The number of hydrogen-bond acceptors (Lipinski definition) is 2. The molecule has 0 atom stereocenters. The maximum atomic E-state index is 11.9. The van der Waals surface area contributed by atoms with E-state index < -0.39 is 0 Å². The minimum atomic E-state index is 0.390. The molecule has 0 amide bonds. The molecule has 2 heteroatoms. The molecule has 1 aliphatic carbocycles. The molecule has 0 saturated heterocycles.